The van der Waals surface area contributed by atoms with E-state index >= 15 is 0 Å². The molecule has 0 saturated heterocycles. The maximum atomic E-state index is 14.4. The van der Waals surface area contributed by atoms with Crippen molar-refractivity contribution in [3.8, 4) is 45.8 Å². The monoisotopic (exact) mass is 646 g/mol. The van der Waals surface area contributed by atoms with Crippen molar-refractivity contribution in [1.29, 1.82) is 10.5 Å². The molecule has 0 bridgehead atoms. The smallest absolute Gasteiger partial charge is 0.126 e. The fourth-order valence-corrected chi connectivity index (χ4v) is 7.47. The first-order valence-electron chi connectivity index (χ1n) is 16.1. The number of benzene rings is 7. The van der Waals surface area contributed by atoms with Crippen LogP contribution in [-0.4, -0.2) is 9.13 Å². The number of halogens is 2. The van der Waals surface area contributed by atoms with Crippen LogP contribution in [0.1, 0.15) is 11.1 Å². The van der Waals surface area contributed by atoms with Crippen LogP contribution < -0.4 is 0 Å². The molecule has 0 radical (unpaired) electrons. The van der Waals surface area contributed by atoms with Gasteiger partial charge in [-0.2, -0.15) is 10.5 Å². The van der Waals surface area contributed by atoms with Gasteiger partial charge in [0.15, 0.2) is 0 Å². The zero-order valence-electron chi connectivity index (χ0n) is 26.4. The van der Waals surface area contributed by atoms with Crippen molar-refractivity contribution >= 4 is 43.6 Å². The van der Waals surface area contributed by atoms with Gasteiger partial charge in [-0.3, -0.25) is 0 Å². The second-order valence-corrected chi connectivity index (χ2v) is 12.2. The summed E-state index contributed by atoms with van der Waals surface area (Å²) in [4.78, 5) is 0. The first-order chi connectivity index (χ1) is 24.6. The summed E-state index contributed by atoms with van der Waals surface area (Å²) in [5.41, 5.74) is 7.47. The summed E-state index contributed by atoms with van der Waals surface area (Å²) < 4.78 is 33.0. The first-order valence-corrected chi connectivity index (χ1v) is 16.1. The second kappa shape index (κ2) is 11.3. The fraction of sp³-hybridized carbons (Fsp3) is 0. The average Bonchev–Trinajstić information content (AvgIpc) is 3.66. The van der Waals surface area contributed by atoms with E-state index in [-0.39, 0.29) is 0 Å². The van der Waals surface area contributed by atoms with E-state index in [1.54, 1.807) is 6.07 Å². The molecule has 0 unspecified atom stereocenters. The van der Waals surface area contributed by atoms with Crippen molar-refractivity contribution < 1.29 is 8.78 Å². The van der Waals surface area contributed by atoms with Crippen LogP contribution in [-0.2, 0) is 0 Å². The van der Waals surface area contributed by atoms with Gasteiger partial charge in [0, 0.05) is 33.2 Å². The van der Waals surface area contributed by atoms with E-state index in [2.05, 4.69) is 45.5 Å². The predicted octanol–water partition coefficient (Wildman–Crippen LogP) is 11.2. The van der Waals surface area contributed by atoms with Gasteiger partial charge < -0.3 is 9.13 Å². The first kappa shape index (κ1) is 29.1. The van der Waals surface area contributed by atoms with Crippen molar-refractivity contribution in [3.63, 3.8) is 0 Å². The predicted molar refractivity (Wildman–Crippen MR) is 195 cm³/mol. The van der Waals surface area contributed by atoms with Gasteiger partial charge in [-0.25, -0.2) is 8.78 Å². The zero-order chi connectivity index (χ0) is 33.9. The van der Waals surface area contributed by atoms with Gasteiger partial charge in [-0.05, 0) is 65.2 Å². The summed E-state index contributed by atoms with van der Waals surface area (Å²) in [6, 6.07) is 49.6. The normalized spacial score (nSPS) is 11.4. The summed E-state index contributed by atoms with van der Waals surface area (Å²) in [6.07, 6.45) is 0. The van der Waals surface area contributed by atoms with Crippen molar-refractivity contribution in [2.45, 2.75) is 0 Å². The van der Waals surface area contributed by atoms with Crippen LogP contribution >= 0.6 is 0 Å². The number of fused-ring (bicyclic) bond motifs is 6. The van der Waals surface area contributed by atoms with E-state index in [9.17, 15) is 19.3 Å². The third-order valence-electron chi connectivity index (χ3n) is 9.48. The molecule has 4 nitrogen and oxygen atoms in total. The molecule has 0 spiro atoms. The van der Waals surface area contributed by atoms with Crippen LogP contribution in [0.3, 0.4) is 0 Å². The summed E-state index contributed by atoms with van der Waals surface area (Å²) in [7, 11) is 0. The second-order valence-electron chi connectivity index (χ2n) is 12.2. The molecule has 2 aromatic heterocycles. The van der Waals surface area contributed by atoms with Gasteiger partial charge in [-0.15, -0.1) is 0 Å². The highest BCUT2D eigenvalue weighted by Crippen LogP contribution is 2.44. The van der Waals surface area contributed by atoms with Crippen LogP contribution in [0.15, 0.2) is 146 Å². The highest BCUT2D eigenvalue weighted by atomic mass is 19.1. The molecule has 0 aliphatic rings. The molecule has 0 atom stereocenters. The van der Waals surface area contributed by atoms with Crippen LogP contribution in [0.25, 0.3) is 77.2 Å². The van der Waals surface area contributed by atoms with Gasteiger partial charge in [0.1, 0.15) is 23.8 Å². The Morgan fingerprint density at radius 1 is 0.440 bits per heavy atom. The Morgan fingerprint density at radius 2 is 0.920 bits per heavy atom. The van der Waals surface area contributed by atoms with Crippen molar-refractivity contribution in [3.05, 3.63) is 168 Å². The molecule has 2 heterocycles. The van der Waals surface area contributed by atoms with Crippen molar-refractivity contribution in [2.75, 3.05) is 0 Å². The summed E-state index contributed by atoms with van der Waals surface area (Å²) in [5, 5.41) is 26.3. The van der Waals surface area contributed by atoms with Crippen LogP contribution in [0.2, 0.25) is 0 Å². The zero-order valence-corrected chi connectivity index (χ0v) is 26.4. The lowest BCUT2D eigenvalue weighted by Gasteiger charge is -2.21. The Bertz CT molecular complexity index is 2810. The van der Waals surface area contributed by atoms with Gasteiger partial charge in [0.2, 0.25) is 0 Å². The molecular weight excluding hydrogens is 623 g/mol. The number of rotatable bonds is 4. The third-order valence-corrected chi connectivity index (χ3v) is 9.48. The number of aromatic nitrogens is 2. The number of nitriles is 2. The molecule has 9 rings (SSSR count). The lowest BCUT2D eigenvalue weighted by atomic mass is 9.91. The Balaban J connectivity index is 1.47. The quantitative estimate of drug-likeness (QED) is 0.191. The topological polar surface area (TPSA) is 57.4 Å². The molecule has 0 amide bonds. The Labute approximate surface area is 285 Å². The van der Waals surface area contributed by atoms with Gasteiger partial charge in [0.05, 0.1) is 44.6 Å². The lowest BCUT2D eigenvalue weighted by Crippen LogP contribution is -2.08. The van der Waals surface area contributed by atoms with E-state index in [1.807, 2.05) is 97.1 Å². The molecule has 0 N–H and O–H groups in total. The summed E-state index contributed by atoms with van der Waals surface area (Å²) in [6.45, 7) is 0. The highest BCUT2D eigenvalue weighted by molar-refractivity contribution is 6.11. The van der Waals surface area contributed by atoms with Gasteiger partial charge in [0.25, 0.3) is 0 Å². The standard InChI is InChI=1S/C44H24F2N4/c45-31-21-29(22-32(46)24-31)27-10-9-11-28(20-27)43-37(26-48)42(49-38-16-5-1-12-33(38)34-13-2-6-17-39(34)49)23-30(25-47)44(43)50-40-18-7-3-14-35(40)36-15-4-8-19-41(36)50/h1-24H. The fourth-order valence-electron chi connectivity index (χ4n) is 7.47. The molecular formula is C44H24F2N4. The maximum absolute atomic E-state index is 14.4. The molecule has 234 valence electrons. The minimum Gasteiger partial charge on any atom is -0.308 e. The van der Waals surface area contributed by atoms with Crippen LogP contribution in [0.4, 0.5) is 8.78 Å². The number of hydrogen-bond acceptors (Lipinski definition) is 2. The number of para-hydroxylation sites is 4. The van der Waals surface area contributed by atoms with E-state index in [0.29, 0.717) is 44.8 Å². The molecule has 9 aromatic rings. The van der Waals surface area contributed by atoms with Crippen molar-refractivity contribution in [1.82, 2.24) is 9.13 Å². The largest absolute Gasteiger partial charge is 0.308 e. The number of hydrogen-bond donors (Lipinski definition) is 0. The highest BCUT2D eigenvalue weighted by Gasteiger charge is 2.26. The van der Waals surface area contributed by atoms with Gasteiger partial charge >= 0.3 is 0 Å². The lowest BCUT2D eigenvalue weighted by molar-refractivity contribution is 0.584. The average molecular weight is 647 g/mol. The van der Waals surface area contributed by atoms with Crippen LogP contribution in [0.5, 0.6) is 0 Å². The Hall–Kier alpha value is -7.02. The van der Waals surface area contributed by atoms with E-state index < -0.39 is 11.6 Å². The molecule has 7 aromatic carbocycles. The Kier molecular flexibility index (Phi) is 6.59. The summed E-state index contributed by atoms with van der Waals surface area (Å²) >= 11 is 0. The minimum atomic E-state index is -0.686. The molecule has 0 aliphatic carbocycles. The maximum Gasteiger partial charge on any atom is 0.126 e. The van der Waals surface area contributed by atoms with E-state index in [4.69, 9.17) is 0 Å². The SMILES string of the molecule is N#Cc1cc(-n2c3ccccc3c3ccccc32)c(C#N)c(-c2cccc(-c3cc(F)cc(F)c3)c2)c1-n1c2ccccc2c2ccccc21. The van der Waals surface area contributed by atoms with Crippen LogP contribution in [0, 0.1) is 34.3 Å². The van der Waals surface area contributed by atoms with E-state index in [1.165, 1.54) is 12.1 Å². The molecule has 0 aliphatic heterocycles. The third kappa shape index (κ3) is 4.33. The molecule has 0 fully saturated rings. The van der Waals surface area contributed by atoms with E-state index in [0.717, 1.165) is 49.7 Å². The van der Waals surface area contributed by atoms with Crippen molar-refractivity contribution in [2.24, 2.45) is 0 Å². The molecule has 6 heteroatoms. The Morgan fingerprint density at radius 3 is 1.42 bits per heavy atom. The molecule has 50 heavy (non-hydrogen) atoms. The molecule has 0 saturated carbocycles. The minimum absolute atomic E-state index is 0.356. The summed E-state index contributed by atoms with van der Waals surface area (Å²) in [5.74, 6) is -1.37. The van der Waals surface area contributed by atoms with Gasteiger partial charge in [-0.1, -0.05) is 91.0 Å². The number of nitrogens with zero attached hydrogens (tertiary/aromatic N) is 4.